The zero-order valence-electron chi connectivity index (χ0n) is 7.08. The molecule has 0 aromatic carbocycles. The van der Waals surface area contributed by atoms with E-state index in [0.717, 1.165) is 32.7 Å². The van der Waals surface area contributed by atoms with Gasteiger partial charge in [0, 0.05) is 19.6 Å². The Kier molecular flexibility index (Phi) is 2.28. The van der Waals surface area contributed by atoms with Crippen LogP contribution >= 0.6 is 0 Å². The van der Waals surface area contributed by atoms with Gasteiger partial charge in [0.1, 0.15) is 6.04 Å². The summed E-state index contributed by atoms with van der Waals surface area (Å²) in [6.45, 7) is 4.06. The minimum Gasteiger partial charge on any atom is -0.378 e. The number of nitrogens with zero attached hydrogens (tertiary/aromatic N) is 1. The Morgan fingerprint density at radius 2 is 2.42 bits per heavy atom. The van der Waals surface area contributed by atoms with E-state index in [9.17, 15) is 4.79 Å². The lowest BCUT2D eigenvalue weighted by atomic mass is 10.2. The van der Waals surface area contributed by atoms with Gasteiger partial charge in [0.25, 0.3) is 0 Å². The number of hydrogen-bond acceptors (Lipinski definition) is 3. The van der Waals surface area contributed by atoms with Crippen LogP contribution in [0, 0.1) is 0 Å². The first kappa shape index (κ1) is 8.01. The van der Waals surface area contributed by atoms with E-state index in [2.05, 4.69) is 10.2 Å². The van der Waals surface area contributed by atoms with Crippen molar-refractivity contribution in [3.8, 4) is 0 Å². The number of hydrogen-bond donors (Lipinski definition) is 1. The zero-order chi connectivity index (χ0) is 8.39. The van der Waals surface area contributed by atoms with Gasteiger partial charge < -0.3 is 10.1 Å². The molecule has 68 valence electrons. The summed E-state index contributed by atoms with van der Waals surface area (Å²) in [7, 11) is 0. The normalized spacial score (nSPS) is 32.0. The first-order chi connectivity index (χ1) is 5.88. The second kappa shape index (κ2) is 3.41. The van der Waals surface area contributed by atoms with E-state index in [1.807, 2.05) is 0 Å². The van der Waals surface area contributed by atoms with E-state index in [1.54, 1.807) is 0 Å². The number of ether oxygens (including phenoxy) is 1. The van der Waals surface area contributed by atoms with Crippen LogP contribution in [0.5, 0.6) is 0 Å². The van der Waals surface area contributed by atoms with Gasteiger partial charge in [0.2, 0.25) is 5.91 Å². The standard InChI is InChI=1S/C8H14N2O2/c11-8-7-6-12-5-4-10(7)3-1-2-9-8/h7H,1-6H2,(H,9,11)/t7-/m0/s1. The van der Waals surface area contributed by atoms with Crippen LogP contribution in [0.2, 0.25) is 0 Å². The summed E-state index contributed by atoms with van der Waals surface area (Å²) in [6.07, 6.45) is 1.06. The summed E-state index contributed by atoms with van der Waals surface area (Å²) < 4.78 is 5.26. The van der Waals surface area contributed by atoms with Gasteiger partial charge in [-0.3, -0.25) is 9.69 Å². The van der Waals surface area contributed by atoms with E-state index < -0.39 is 0 Å². The smallest absolute Gasteiger partial charge is 0.239 e. The monoisotopic (exact) mass is 170 g/mol. The third-order valence-corrected chi connectivity index (χ3v) is 2.46. The molecule has 1 amide bonds. The largest absolute Gasteiger partial charge is 0.378 e. The van der Waals surface area contributed by atoms with Crippen molar-refractivity contribution in [2.45, 2.75) is 12.5 Å². The highest BCUT2D eigenvalue weighted by molar-refractivity contribution is 5.82. The second-order valence-electron chi connectivity index (χ2n) is 3.27. The summed E-state index contributed by atoms with van der Waals surface area (Å²) in [5, 5.41) is 2.88. The minimum atomic E-state index is -0.0266. The molecule has 2 heterocycles. The van der Waals surface area contributed by atoms with Gasteiger partial charge in [-0.15, -0.1) is 0 Å². The molecule has 0 unspecified atom stereocenters. The fourth-order valence-corrected chi connectivity index (χ4v) is 1.76. The van der Waals surface area contributed by atoms with Crippen LogP contribution in [0.1, 0.15) is 6.42 Å². The summed E-state index contributed by atoms with van der Waals surface area (Å²) in [4.78, 5) is 13.6. The van der Waals surface area contributed by atoms with Crippen molar-refractivity contribution < 1.29 is 9.53 Å². The first-order valence-corrected chi connectivity index (χ1v) is 4.47. The molecule has 0 aromatic rings. The van der Waals surface area contributed by atoms with Gasteiger partial charge in [-0.2, -0.15) is 0 Å². The SMILES string of the molecule is O=C1NCCCN2CCOC[C@@H]12. The predicted molar refractivity (Wildman–Crippen MR) is 43.8 cm³/mol. The Labute approximate surface area is 71.9 Å². The maximum atomic E-state index is 11.4. The number of carbonyl (C=O) groups is 1. The maximum absolute atomic E-state index is 11.4. The number of rotatable bonds is 0. The summed E-state index contributed by atoms with van der Waals surface area (Å²) >= 11 is 0. The topological polar surface area (TPSA) is 41.6 Å². The number of morpholine rings is 1. The van der Waals surface area contributed by atoms with Gasteiger partial charge in [-0.05, 0) is 6.42 Å². The van der Waals surface area contributed by atoms with Crippen molar-refractivity contribution >= 4 is 5.91 Å². The highest BCUT2D eigenvalue weighted by Crippen LogP contribution is 2.09. The molecule has 2 aliphatic heterocycles. The number of carbonyl (C=O) groups excluding carboxylic acids is 1. The molecule has 1 atom stereocenters. The molecule has 0 radical (unpaired) electrons. The van der Waals surface area contributed by atoms with Crippen LogP contribution in [0.25, 0.3) is 0 Å². The lowest BCUT2D eigenvalue weighted by Gasteiger charge is -2.32. The molecule has 1 N–H and O–H groups in total. The average molecular weight is 170 g/mol. The summed E-state index contributed by atoms with van der Waals surface area (Å²) in [5.41, 5.74) is 0. The van der Waals surface area contributed by atoms with Crippen LogP contribution in [0.4, 0.5) is 0 Å². The van der Waals surface area contributed by atoms with Gasteiger partial charge in [-0.25, -0.2) is 0 Å². The van der Waals surface area contributed by atoms with Crippen LogP contribution in [-0.4, -0.2) is 49.7 Å². The molecule has 0 spiro atoms. The molecule has 0 aliphatic carbocycles. The lowest BCUT2D eigenvalue weighted by Crippen LogP contribution is -2.51. The molecule has 0 aromatic heterocycles. The molecule has 2 fully saturated rings. The quantitative estimate of drug-likeness (QED) is 0.518. The fourth-order valence-electron chi connectivity index (χ4n) is 1.76. The number of fused-ring (bicyclic) bond motifs is 1. The molecule has 2 aliphatic rings. The molecule has 2 rings (SSSR count). The van der Waals surface area contributed by atoms with Crippen LogP contribution in [-0.2, 0) is 9.53 Å². The molecule has 2 saturated heterocycles. The van der Waals surface area contributed by atoms with Crippen LogP contribution < -0.4 is 5.32 Å². The molecular formula is C8H14N2O2. The Balaban J connectivity index is 2.06. The van der Waals surface area contributed by atoms with Crippen molar-refractivity contribution in [2.75, 3.05) is 32.8 Å². The van der Waals surface area contributed by atoms with Gasteiger partial charge in [0.05, 0.1) is 13.2 Å². The van der Waals surface area contributed by atoms with Gasteiger partial charge >= 0.3 is 0 Å². The molecular weight excluding hydrogens is 156 g/mol. The van der Waals surface area contributed by atoms with Gasteiger partial charge in [-0.1, -0.05) is 0 Å². The number of amides is 1. The highest BCUT2D eigenvalue weighted by atomic mass is 16.5. The first-order valence-electron chi connectivity index (χ1n) is 4.47. The molecule has 0 bridgehead atoms. The van der Waals surface area contributed by atoms with Crippen molar-refractivity contribution in [3.63, 3.8) is 0 Å². The van der Waals surface area contributed by atoms with Crippen molar-refractivity contribution in [1.29, 1.82) is 0 Å². The lowest BCUT2D eigenvalue weighted by molar-refractivity contribution is -0.130. The third kappa shape index (κ3) is 1.44. The molecule has 0 saturated carbocycles. The Morgan fingerprint density at radius 3 is 3.33 bits per heavy atom. The van der Waals surface area contributed by atoms with Gasteiger partial charge in [0.15, 0.2) is 0 Å². The average Bonchev–Trinajstić information content (AvgIpc) is 2.29. The van der Waals surface area contributed by atoms with E-state index in [-0.39, 0.29) is 11.9 Å². The molecule has 4 heteroatoms. The molecule has 12 heavy (non-hydrogen) atoms. The van der Waals surface area contributed by atoms with Crippen molar-refractivity contribution in [1.82, 2.24) is 10.2 Å². The Hall–Kier alpha value is -0.610. The minimum absolute atomic E-state index is 0.0266. The Morgan fingerprint density at radius 1 is 1.50 bits per heavy atom. The van der Waals surface area contributed by atoms with E-state index in [4.69, 9.17) is 4.74 Å². The van der Waals surface area contributed by atoms with E-state index in [0.29, 0.717) is 6.61 Å². The highest BCUT2D eigenvalue weighted by Gasteiger charge is 2.30. The number of nitrogens with one attached hydrogen (secondary N) is 1. The van der Waals surface area contributed by atoms with Crippen molar-refractivity contribution in [2.24, 2.45) is 0 Å². The summed E-state index contributed by atoms with van der Waals surface area (Å²) in [6, 6.07) is -0.0266. The van der Waals surface area contributed by atoms with Crippen LogP contribution in [0.3, 0.4) is 0 Å². The third-order valence-electron chi connectivity index (χ3n) is 2.46. The van der Waals surface area contributed by atoms with E-state index >= 15 is 0 Å². The maximum Gasteiger partial charge on any atom is 0.239 e. The van der Waals surface area contributed by atoms with Crippen LogP contribution in [0.15, 0.2) is 0 Å². The fraction of sp³-hybridized carbons (Fsp3) is 0.875. The summed E-state index contributed by atoms with van der Waals surface area (Å²) in [5.74, 6) is 0.132. The van der Waals surface area contributed by atoms with Crippen molar-refractivity contribution in [3.05, 3.63) is 0 Å². The van der Waals surface area contributed by atoms with E-state index in [1.165, 1.54) is 0 Å². The zero-order valence-corrected chi connectivity index (χ0v) is 7.08. The molecule has 4 nitrogen and oxygen atoms in total. The predicted octanol–water partition coefficient (Wildman–Crippen LogP) is -0.793. The second-order valence-corrected chi connectivity index (χ2v) is 3.27. The Bertz CT molecular complexity index is 184.